The Morgan fingerprint density at radius 3 is 2.79 bits per heavy atom. The number of aromatic amines is 1. The first-order valence-electron chi connectivity index (χ1n) is 8.82. The average molecular weight is 384 g/mol. The van der Waals surface area contributed by atoms with Crippen LogP contribution in [0.5, 0.6) is 0 Å². The number of rotatable bonds is 2. The first-order valence-corrected chi connectivity index (χ1v) is 8.82. The summed E-state index contributed by atoms with van der Waals surface area (Å²) in [5.74, 6) is -0.0285. The Hall–Kier alpha value is -2.55. The number of nitrogens with one attached hydrogen (secondary N) is 2. The number of benzene rings is 2. The van der Waals surface area contributed by atoms with Crippen molar-refractivity contribution >= 4 is 58.4 Å². The Kier molecular flexibility index (Phi) is 5.01. The number of hydrogen-bond acceptors (Lipinski definition) is 5. The van der Waals surface area contributed by atoms with Crippen molar-refractivity contribution in [2.75, 3.05) is 10.2 Å². The van der Waals surface area contributed by atoms with Crippen molar-refractivity contribution in [3.63, 3.8) is 0 Å². The SMILES string of the molecule is O=C1CC(=O)N(c2cccc(-c3nnn[nH]3)c2)c2ccc3c(c2N1)CCC3.[NaH]. The molecule has 2 heterocycles. The van der Waals surface area contributed by atoms with Crippen LogP contribution in [0.25, 0.3) is 11.4 Å². The van der Waals surface area contributed by atoms with Gasteiger partial charge in [0.1, 0.15) is 6.42 Å². The van der Waals surface area contributed by atoms with Gasteiger partial charge in [-0.05, 0) is 59.0 Å². The molecule has 0 radical (unpaired) electrons. The van der Waals surface area contributed by atoms with Gasteiger partial charge in [-0.3, -0.25) is 14.5 Å². The summed E-state index contributed by atoms with van der Waals surface area (Å²) < 4.78 is 0. The van der Waals surface area contributed by atoms with Gasteiger partial charge >= 0.3 is 29.6 Å². The van der Waals surface area contributed by atoms with E-state index < -0.39 is 0 Å². The van der Waals surface area contributed by atoms with Crippen molar-refractivity contribution in [3.8, 4) is 11.4 Å². The van der Waals surface area contributed by atoms with Crippen LogP contribution in [0.2, 0.25) is 0 Å². The third-order valence-corrected chi connectivity index (χ3v) is 5.05. The van der Waals surface area contributed by atoms with Gasteiger partial charge in [-0.2, -0.15) is 0 Å². The first-order chi connectivity index (χ1) is 13.2. The van der Waals surface area contributed by atoms with E-state index >= 15 is 0 Å². The molecular formula is C19H17N6NaO2. The fourth-order valence-corrected chi connectivity index (χ4v) is 3.87. The zero-order chi connectivity index (χ0) is 18.4. The number of anilines is 3. The van der Waals surface area contributed by atoms with Crippen molar-refractivity contribution < 1.29 is 9.59 Å². The number of carbonyl (C=O) groups excluding carboxylic acids is 2. The van der Waals surface area contributed by atoms with Crippen LogP contribution < -0.4 is 10.2 Å². The normalized spacial score (nSPS) is 15.4. The maximum absolute atomic E-state index is 12.9. The summed E-state index contributed by atoms with van der Waals surface area (Å²) in [6.07, 6.45) is 2.77. The molecule has 9 heteroatoms. The van der Waals surface area contributed by atoms with Crippen LogP contribution in [-0.2, 0) is 22.4 Å². The number of H-pyrrole nitrogens is 1. The number of hydrogen-bond donors (Lipinski definition) is 2. The predicted molar refractivity (Wildman–Crippen MR) is 106 cm³/mol. The Labute approximate surface area is 183 Å². The zero-order valence-corrected chi connectivity index (χ0v) is 14.4. The summed E-state index contributed by atoms with van der Waals surface area (Å²) >= 11 is 0. The van der Waals surface area contributed by atoms with Gasteiger partial charge in [0, 0.05) is 11.3 Å². The molecule has 1 aliphatic carbocycles. The molecule has 2 N–H and O–H groups in total. The van der Waals surface area contributed by atoms with Gasteiger partial charge in [-0.15, -0.1) is 5.10 Å². The Bertz CT molecular complexity index is 1070. The minimum atomic E-state index is -0.278. The van der Waals surface area contributed by atoms with Crippen molar-refractivity contribution in [3.05, 3.63) is 47.5 Å². The molecule has 28 heavy (non-hydrogen) atoms. The van der Waals surface area contributed by atoms with E-state index in [1.807, 2.05) is 30.3 Å². The van der Waals surface area contributed by atoms with E-state index in [2.05, 4.69) is 32.0 Å². The predicted octanol–water partition coefficient (Wildman–Crippen LogP) is 1.71. The molecule has 0 atom stereocenters. The van der Waals surface area contributed by atoms with Gasteiger partial charge in [0.15, 0.2) is 5.82 Å². The maximum atomic E-state index is 12.9. The van der Waals surface area contributed by atoms with E-state index in [1.165, 1.54) is 5.56 Å². The van der Waals surface area contributed by atoms with E-state index in [1.54, 1.807) is 4.90 Å². The Morgan fingerprint density at radius 1 is 1.07 bits per heavy atom. The van der Waals surface area contributed by atoms with E-state index in [-0.39, 0.29) is 47.8 Å². The summed E-state index contributed by atoms with van der Waals surface area (Å²) in [5.41, 5.74) is 5.27. The second-order valence-electron chi connectivity index (χ2n) is 6.71. The van der Waals surface area contributed by atoms with Crippen LogP contribution in [-0.4, -0.2) is 62.0 Å². The average Bonchev–Trinajstić information content (AvgIpc) is 3.33. The van der Waals surface area contributed by atoms with Gasteiger partial charge in [0.25, 0.3) is 0 Å². The van der Waals surface area contributed by atoms with Crippen LogP contribution in [0.4, 0.5) is 17.1 Å². The monoisotopic (exact) mass is 384 g/mol. The Morgan fingerprint density at radius 2 is 1.96 bits per heavy atom. The molecule has 5 rings (SSSR count). The molecule has 2 amide bonds. The van der Waals surface area contributed by atoms with Crippen LogP contribution in [0.15, 0.2) is 36.4 Å². The van der Waals surface area contributed by atoms with Gasteiger partial charge < -0.3 is 5.32 Å². The second-order valence-corrected chi connectivity index (χ2v) is 6.71. The van der Waals surface area contributed by atoms with Gasteiger partial charge in [0.2, 0.25) is 11.8 Å². The fraction of sp³-hybridized carbons (Fsp3) is 0.211. The molecule has 0 unspecified atom stereocenters. The molecule has 2 aliphatic rings. The third-order valence-electron chi connectivity index (χ3n) is 5.05. The summed E-state index contributed by atoms with van der Waals surface area (Å²) in [7, 11) is 0. The second kappa shape index (κ2) is 7.46. The van der Waals surface area contributed by atoms with Gasteiger partial charge in [-0.25, -0.2) is 5.10 Å². The van der Waals surface area contributed by atoms with Crippen molar-refractivity contribution in [2.24, 2.45) is 0 Å². The van der Waals surface area contributed by atoms with E-state index in [0.29, 0.717) is 17.2 Å². The molecule has 136 valence electrons. The molecule has 0 bridgehead atoms. The molecule has 2 aromatic carbocycles. The molecule has 0 spiro atoms. The first kappa shape index (κ1) is 18.8. The summed E-state index contributed by atoms with van der Waals surface area (Å²) in [4.78, 5) is 26.8. The van der Waals surface area contributed by atoms with E-state index in [4.69, 9.17) is 0 Å². The van der Waals surface area contributed by atoms with Crippen LogP contribution in [0.3, 0.4) is 0 Å². The quantitative estimate of drug-likeness (QED) is 0.517. The summed E-state index contributed by atoms with van der Waals surface area (Å²) in [6, 6.07) is 11.4. The molecule has 1 aliphatic heterocycles. The van der Waals surface area contributed by atoms with E-state index in [9.17, 15) is 9.59 Å². The minimum absolute atomic E-state index is 0. The number of tetrazole rings is 1. The van der Waals surface area contributed by atoms with Crippen molar-refractivity contribution in [2.45, 2.75) is 25.7 Å². The summed E-state index contributed by atoms with van der Waals surface area (Å²) in [5, 5.41) is 16.8. The molecular weight excluding hydrogens is 367 g/mol. The number of aryl methyl sites for hydroxylation is 1. The zero-order valence-electron chi connectivity index (χ0n) is 14.4. The van der Waals surface area contributed by atoms with Crippen molar-refractivity contribution in [1.29, 1.82) is 0 Å². The molecule has 8 nitrogen and oxygen atoms in total. The topological polar surface area (TPSA) is 104 Å². The van der Waals surface area contributed by atoms with Crippen LogP contribution in [0.1, 0.15) is 24.0 Å². The van der Waals surface area contributed by atoms with Crippen molar-refractivity contribution in [1.82, 2.24) is 20.6 Å². The Balaban J connectivity index is 0.00000192. The number of aromatic nitrogens is 4. The van der Waals surface area contributed by atoms with Gasteiger partial charge in [0.05, 0.1) is 11.4 Å². The molecule has 0 saturated heterocycles. The standard InChI is InChI=1S/C19H16N6O2.Na.H/c26-16-10-17(27)25(13-5-1-4-12(9-13)19-21-23-24-22-19)15-8-7-11-3-2-6-14(11)18(15)20-16;;/h1,4-5,7-9H,2-3,6,10H2,(H,20,26)(H,21,22,23,24);;. The number of nitrogens with zero attached hydrogens (tertiary/aromatic N) is 4. The summed E-state index contributed by atoms with van der Waals surface area (Å²) in [6.45, 7) is 0. The number of carbonyl (C=O) groups is 2. The van der Waals surface area contributed by atoms with Crippen LogP contribution in [0, 0.1) is 0 Å². The molecule has 3 aromatic rings. The fourth-order valence-electron chi connectivity index (χ4n) is 3.87. The van der Waals surface area contributed by atoms with Crippen LogP contribution >= 0.6 is 0 Å². The number of amides is 2. The van der Waals surface area contributed by atoms with E-state index in [0.717, 1.165) is 36.1 Å². The molecule has 0 fully saturated rings. The van der Waals surface area contributed by atoms with Gasteiger partial charge in [-0.1, -0.05) is 18.2 Å². The third kappa shape index (κ3) is 3.13. The molecule has 1 aromatic heterocycles. The number of fused-ring (bicyclic) bond motifs is 3. The molecule has 0 saturated carbocycles.